The molecule has 0 aliphatic carbocycles. The third-order valence-corrected chi connectivity index (χ3v) is 4.95. The minimum absolute atomic E-state index is 0.687. The number of anilines is 1. The highest BCUT2D eigenvalue weighted by molar-refractivity contribution is 7.80. The van der Waals surface area contributed by atoms with Crippen LogP contribution in [0.1, 0.15) is 16.0 Å². The van der Waals surface area contributed by atoms with E-state index >= 15 is 0 Å². The van der Waals surface area contributed by atoms with E-state index in [1.54, 1.807) is 11.3 Å². The van der Waals surface area contributed by atoms with Gasteiger partial charge in [0.15, 0.2) is 5.11 Å². The van der Waals surface area contributed by atoms with Gasteiger partial charge in [0.1, 0.15) is 0 Å². The van der Waals surface area contributed by atoms with Crippen LogP contribution in [0.25, 0.3) is 0 Å². The van der Waals surface area contributed by atoms with Gasteiger partial charge in [-0.3, -0.25) is 0 Å². The summed E-state index contributed by atoms with van der Waals surface area (Å²) in [6.45, 7) is 9.41. The van der Waals surface area contributed by atoms with Gasteiger partial charge in [-0.2, -0.15) is 0 Å². The van der Waals surface area contributed by atoms with Crippen LogP contribution < -0.4 is 5.32 Å². The Morgan fingerprint density at radius 1 is 1.32 bits per heavy atom. The van der Waals surface area contributed by atoms with E-state index in [2.05, 4.69) is 42.8 Å². The Kier molecular flexibility index (Phi) is 6.00. The van der Waals surface area contributed by atoms with Crippen molar-refractivity contribution in [3.8, 4) is 0 Å². The SMILES string of the molecule is C=CCN(Cc1ccc(Cl)s1)C(=S)Nc1ccc(C)c(C)c1. The molecule has 22 heavy (non-hydrogen) atoms. The topological polar surface area (TPSA) is 15.3 Å². The Hall–Kier alpha value is -1.36. The lowest BCUT2D eigenvalue weighted by Gasteiger charge is -2.24. The van der Waals surface area contributed by atoms with E-state index in [4.69, 9.17) is 23.8 Å². The van der Waals surface area contributed by atoms with Crippen molar-refractivity contribution < 1.29 is 0 Å². The lowest BCUT2D eigenvalue weighted by atomic mass is 10.1. The van der Waals surface area contributed by atoms with Crippen LogP contribution in [0.4, 0.5) is 5.69 Å². The van der Waals surface area contributed by atoms with E-state index < -0.39 is 0 Å². The first kappa shape index (κ1) is 17.0. The van der Waals surface area contributed by atoms with Crippen molar-refractivity contribution in [2.24, 2.45) is 0 Å². The number of hydrogen-bond acceptors (Lipinski definition) is 2. The van der Waals surface area contributed by atoms with Crippen LogP contribution in [0.5, 0.6) is 0 Å². The Morgan fingerprint density at radius 2 is 2.09 bits per heavy atom. The van der Waals surface area contributed by atoms with Gasteiger partial charge in [-0.1, -0.05) is 23.7 Å². The number of nitrogens with one attached hydrogen (secondary N) is 1. The van der Waals surface area contributed by atoms with Gasteiger partial charge < -0.3 is 10.2 Å². The van der Waals surface area contributed by atoms with Gasteiger partial charge in [0.05, 0.1) is 10.9 Å². The van der Waals surface area contributed by atoms with E-state index in [1.807, 2.05) is 24.3 Å². The molecular weight excluding hydrogens is 332 g/mol. The predicted octanol–water partition coefficient (Wildman–Crippen LogP) is 5.40. The van der Waals surface area contributed by atoms with Gasteiger partial charge >= 0.3 is 0 Å². The Labute approximate surface area is 146 Å². The third-order valence-electron chi connectivity index (χ3n) is 3.37. The molecule has 0 spiro atoms. The molecule has 1 aromatic heterocycles. The molecule has 0 bridgehead atoms. The van der Waals surface area contributed by atoms with E-state index in [-0.39, 0.29) is 0 Å². The number of thiocarbonyl (C=S) groups is 1. The van der Waals surface area contributed by atoms with Gasteiger partial charge in [0, 0.05) is 17.1 Å². The standard InChI is InChI=1S/C17H19ClN2S2/c1-4-9-20(11-15-7-8-16(18)22-15)17(21)19-14-6-5-12(2)13(3)10-14/h4-8,10H,1,9,11H2,2-3H3,(H,19,21). The van der Waals surface area contributed by atoms with Crippen LogP contribution in [-0.2, 0) is 6.54 Å². The molecule has 2 rings (SSSR count). The molecule has 0 fully saturated rings. The molecule has 0 radical (unpaired) electrons. The molecule has 0 amide bonds. The largest absolute Gasteiger partial charge is 0.340 e. The fourth-order valence-corrected chi connectivity index (χ4v) is 3.38. The number of benzene rings is 1. The maximum Gasteiger partial charge on any atom is 0.174 e. The summed E-state index contributed by atoms with van der Waals surface area (Å²) in [7, 11) is 0. The van der Waals surface area contributed by atoms with Crippen LogP contribution in [0.2, 0.25) is 4.34 Å². The number of hydrogen-bond donors (Lipinski definition) is 1. The van der Waals surface area contributed by atoms with Gasteiger partial charge in [0.25, 0.3) is 0 Å². The van der Waals surface area contributed by atoms with Crippen molar-refractivity contribution in [2.75, 3.05) is 11.9 Å². The van der Waals surface area contributed by atoms with E-state index in [1.165, 1.54) is 16.0 Å². The molecule has 1 heterocycles. The zero-order chi connectivity index (χ0) is 16.1. The summed E-state index contributed by atoms with van der Waals surface area (Å²) in [6.07, 6.45) is 1.85. The smallest absolute Gasteiger partial charge is 0.174 e. The van der Waals surface area contributed by atoms with Crippen LogP contribution in [0.3, 0.4) is 0 Å². The number of nitrogens with zero attached hydrogens (tertiary/aromatic N) is 1. The lowest BCUT2D eigenvalue weighted by molar-refractivity contribution is 0.468. The number of rotatable bonds is 5. The summed E-state index contributed by atoms with van der Waals surface area (Å²) < 4.78 is 0.793. The summed E-state index contributed by atoms with van der Waals surface area (Å²) >= 11 is 13.1. The molecule has 0 aliphatic rings. The molecular formula is C17H19ClN2S2. The maximum absolute atomic E-state index is 5.99. The second-order valence-corrected chi connectivity index (χ2v) is 7.29. The minimum Gasteiger partial charge on any atom is -0.340 e. The molecule has 1 N–H and O–H groups in total. The summed E-state index contributed by atoms with van der Waals surface area (Å²) in [4.78, 5) is 3.25. The first-order chi connectivity index (χ1) is 10.5. The third kappa shape index (κ3) is 4.57. The summed E-state index contributed by atoms with van der Waals surface area (Å²) in [6, 6.07) is 10.2. The minimum atomic E-state index is 0.687. The lowest BCUT2D eigenvalue weighted by Crippen LogP contribution is -2.34. The molecule has 0 saturated heterocycles. The van der Waals surface area contributed by atoms with Crippen molar-refractivity contribution in [3.63, 3.8) is 0 Å². The van der Waals surface area contributed by atoms with Crippen molar-refractivity contribution >= 4 is 46.0 Å². The van der Waals surface area contributed by atoms with E-state index in [9.17, 15) is 0 Å². The summed E-state index contributed by atoms with van der Waals surface area (Å²) in [5, 5.41) is 3.99. The maximum atomic E-state index is 5.99. The number of halogens is 1. The Bertz CT molecular complexity index is 679. The van der Waals surface area contributed by atoms with Crippen LogP contribution in [0.15, 0.2) is 43.0 Å². The quantitative estimate of drug-likeness (QED) is 0.573. The summed E-state index contributed by atoms with van der Waals surface area (Å²) in [5.74, 6) is 0. The average molecular weight is 351 g/mol. The first-order valence-electron chi connectivity index (χ1n) is 6.98. The van der Waals surface area contributed by atoms with Crippen LogP contribution in [-0.4, -0.2) is 16.6 Å². The van der Waals surface area contributed by atoms with Crippen molar-refractivity contribution in [1.82, 2.24) is 4.90 Å². The predicted molar refractivity (Wildman–Crippen MR) is 102 cm³/mol. The highest BCUT2D eigenvalue weighted by Gasteiger charge is 2.11. The highest BCUT2D eigenvalue weighted by atomic mass is 35.5. The van der Waals surface area contributed by atoms with Crippen LogP contribution >= 0.6 is 35.2 Å². The monoisotopic (exact) mass is 350 g/mol. The van der Waals surface area contributed by atoms with Gasteiger partial charge in [-0.25, -0.2) is 0 Å². The summed E-state index contributed by atoms with van der Waals surface area (Å²) in [5.41, 5.74) is 3.52. The highest BCUT2D eigenvalue weighted by Crippen LogP contribution is 2.23. The fraction of sp³-hybridized carbons (Fsp3) is 0.235. The number of aryl methyl sites for hydroxylation is 2. The van der Waals surface area contributed by atoms with Crippen molar-refractivity contribution in [2.45, 2.75) is 20.4 Å². The second-order valence-electron chi connectivity index (χ2n) is 5.10. The molecule has 2 aromatic rings. The molecule has 5 heteroatoms. The Morgan fingerprint density at radius 3 is 2.68 bits per heavy atom. The first-order valence-corrected chi connectivity index (χ1v) is 8.58. The van der Waals surface area contributed by atoms with E-state index in [0.717, 1.165) is 16.6 Å². The zero-order valence-corrected chi connectivity index (χ0v) is 15.1. The van der Waals surface area contributed by atoms with Gasteiger partial charge in [-0.05, 0) is 61.5 Å². The zero-order valence-electron chi connectivity index (χ0n) is 12.7. The van der Waals surface area contributed by atoms with Gasteiger partial charge in [-0.15, -0.1) is 17.9 Å². The molecule has 0 aliphatic heterocycles. The molecule has 2 nitrogen and oxygen atoms in total. The molecule has 0 saturated carbocycles. The van der Waals surface area contributed by atoms with Gasteiger partial charge in [0.2, 0.25) is 0 Å². The van der Waals surface area contributed by atoms with Crippen LogP contribution in [0, 0.1) is 13.8 Å². The fourth-order valence-electron chi connectivity index (χ4n) is 2.02. The van der Waals surface area contributed by atoms with Crippen molar-refractivity contribution in [1.29, 1.82) is 0 Å². The average Bonchev–Trinajstić information content (AvgIpc) is 2.88. The molecule has 116 valence electrons. The number of thiophene rings is 1. The Balaban J connectivity index is 2.08. The van der Waals surface area contributed by atoms with E-state index in [0.29, 0.717) is 11.7 Å². The van der Waals surface area contributed by atoms with Crippen molar-refractivity contribution in [3.05, 3.63) is 63.3 Å². The molecule has 0 atom stereocenters. The molecule has 0 unspecified atom stereocenters. The molecule has 1 aromatic carbocycles. The second kappa shape index (κ2) is 7.77. The normalized spacial score (nSPS) is 10.3.